The van der Waals surface area contributed by atoms with E-state index in [9.17, 15) is 14.4 Å². The highest BCUT2D eigenvalue weighted by atomic mass is 16.2. The molecule has 0 aliphatic heterocycles. The SMILES string of the molecule is Cc1ncc2cccnc2c1C(=O)NC(C)c1nc2cccc(C#Cc3cnn(C)c3)c2cc1-c1ccccc1.Cc1nccnc1C(=O)NC(C)c1nc2cccc(C#Cc3cnn(C)c3)c2cc1-c1ccccc1.Cc1nn(C)cc1C#Cc1cccc2cc(C(C)NC(=O)c3c(C)nn4cccnc34)c(-c3ccccc3)nc12. The largest absolute Gasteiger partial charge is 0.345 e. The molecule has 0 spiro atoms. The number of rotatable bonds is 12. The fourth-order valence-corrected chi connectivity index (χ4v) is 13.9. The molecule has 0 saturated carbocycles. The van der Waals surface area contributed by atoms with Crippen molar-refractivity contribution in [1.29, 1.82) is 0 Å². The van der Waals surface area contributed by atoms with Crippen molar-refractivity contribution in [3.05, 3.63) is 340 Å². The van der Waals surface area contributed by atoms with Gasteiger partial charge in [0.05, 0.1) is 120 Å². The third-order valence-corrected chi connectivity index (χ3v) is 19.6. The van der Waals surface area contributed by atoms with Crippen molar-refractivity contribution in [1.82, 2.24) is 94.8 Å². The molecule has 0 bridgehead atoms. The van der Waals surface area contributed by atoms with Crippen molar-refractivity contribution >= 4 is 67.0 Å². The van der Waals surface area contributed by atoms with Gasteiger partial charge >= 0.3 is 0 Å². The van der Waals surface area contributed by atoms with E-state index < -0.39 is 6.04 Å². The zero-order valence-corrected chi connectivity index (χ0v) is 65.3. The molecule has 6 aromatic carbocycles. The van der Waals surface area contributed by atoms with Crippen LogP contribution >= 0.6 is 0 Å². The van der Waals surface area contributed by atoms with Crippen LogP contribution in [0.3, 0.4) is 0 Å². The van der Waals surface area contributed by atoms with Gasteiger partial charge in [-0.15, -0.1) is 0 Å². The summed E-state index contributed by atoms with van der Waals surface area (Å²) >= 11 is 0. The first-order valence-electron chi connectivity index (χ1n) is 37.6. The lowest BCUT2D eigenvalue weighted by Crippen LogP contribution is -2.29. The molecule has 3 amide bonds. The number of carbonyl (C=O) groups is 3. The number of para-hydroxylation sites is 1. The summed E-state index contributed by atoms with van der Waals surface area (Å²) < 4.78 is 6.85. The maximum Gasteiger partial charge on any atom is 0.272 e. The Morgan fingerprint density at radius 3 is 1.52 bits per heavy atom. The van der Waals surface area contributed by atoms with Crippen molar-refractivity contribution in [3.63, 3.8) is 0 Å². The summed E-state index contributed by atoms with van der Waals surface area (Å²) in [6, 6.07) is 58.7. The van der Waals surface area contributed by atoms with E-state index in [1.54, 1.807) is 74.9 Å². The van der Waals surface area contributed by atoms with Crippen molar-refractivity contribution in [2.24, 2.45) is 21.1 Å². The number of amides is 3. The highest BCUT2D eigenvalue weighted by molar-refractivity contribution is 6.06. The first kappa shape index (κ1) is 75.9. The number of hydrogen-bond donors (Lipinski definition) is 3. The summed E-state index contributed by atoms with van der Waals surface area (Å²) in [5.74, 6) is 18.8. The van der Waals surface area contributed by atoms with Crippen LogP contribution in [0.1, 0.15) is 143 Å². The Hall–Kier alpha value is -15.5. The van der Waals surface area contributed by atoms with Crippen molar-refractivity contribution < 1.29 is 14.4 Å². The lowest BCUT2D eigenvalue weighted by molar-refractivity contribution is 0.0926. The van der Waals surface area contributed by atoms with E-state index in [4.69, 9.17) is 15.0 Å². The fraction of sp³-hybridized carbons (Fsp3) is 0.138. The number of carbonyl (C=O) groups excluding carboxylic acids is 3. The maximum atomic E-state index is 13.6. The minimum Gasteiger partial charge on any atom is -0.345 e. The molecule has 17 aromatic rings. The molecule has 3 N–H and O–H groups in total. The highest BCUT2D eigenvalue weighted by Crippen LogP contribution is 2.36. The quantitative estimate of drug-likeness (QED) is 0.0961. The van der Waals surface area contributed by atoms with E-state index in [1.165, 1.54) is 6.20 Å². The standard InChI is InChI=1S/C33H26N6O.C32H27N7O.C29H24N6O/c1-21-30(32-26(19-35-21)12-8-16-34-32)33(40)37-22(2)31-28(24-9-5-4-6-10-24)17-27-25(11-7-13-29(27)38-31)15-14-23-18-36-39(3)20-23;1-20-26(19-38(4)36-20)15-14-24-12-8-13-25-18-27(30(35-29(24)25)23-10-6-5-7-11-23)21(2)34-32(40)28-22(3)37-39-17-9-16-33-31(28)39;1-19-28(31-15-14-30-19)29(36)33-20(2)27-25(22-8-5-4-6-9-22)16-24-23(10-7-11-26(24)34-27)13-12-21-17-32-35(3)18-21/h4-13,16-20,22H,1-3H3,(H,37,40);5-13,16-19,21H,1-4H3,(H,34,40);4-11,14-18,20H,1-3H3,(H,33,36). The summed E-state index contributed by atoms with van der Waals surface area (Å²) in [7, 11) is 5.63. The Balaban J connectivity index is 0.000000137. The zero-order valence-electron chi connectivity index (χ0n) is 65.3. The molecule has 3 atom stereocenters. The summed E-state index contributed by atoms with van der Waals surface area (Å²) in [5, 5.41) is 30.2. The van der Waals surface area contributed by atoms with Crippen LogP contribution in [0, 0.1) is 63.2 Å². The van der Waals surface area contributed by atoms with Crippen molar-refractivity contribution in [3.8, 4) is 69.0 Å². The molecule has 0 aliphatic carbocycles. The number of aryl methyl sites for hydroxylation is 7. The minimum absolute atomic E-state index is 0.232. The summed E-state index contributed by atoms with van der Waals surface area (Å²) in [6.45, 7) is 13.2. The van der Waals surface area contributed by atoms with Crippen molar-refractivity contribution in [2.45, 2.75) is 66.6 Å². The number of pyridine rings is 5. The molecule has 11 heterocycles. The zero-order chi connectivity index (χ0) is 80.5. The van der Waals surface area contributed by atoms with Gasteiger partial charge in [-0.3, -0.25) is 43.4 Å². The molecule has 0 saturated heterocycles. The third-order valence-electron chi connectivity index (χ3n) is 19.6. The smallest absolute Gasteiger partial charge is 0.272 e. The Kier molecular flexibility index (Phi) is 22.0. The molecule has 11 aromatic heterocycles. The Labute approximate surface area is 669 Å². The second-order valence-electron chi connectivity index (χ2n) is 27.9. The number of nitrogens with one attached hydrogen (secondary N) is 3. The van der Waals surface area contributed by atoms with Gasteiger partial charge in [-0.2, -0.15) is 20.4 Å². The van der Waals surface area contributed by atoms with Crippen LogP contribution in [-0.2, 0) is 21.1 Å². The Morgan fingerprint density at radius 1 is 0.397 bits per heavy atom. The number of nitrogens with zero attached hydrogens (tertiary/aromatic N) is 16. The first-order valence-corrected chi connectivity index (χ1v) is 37.6. The Morgan fingerprint density at radius 2 is 0.931 bits per heavy atom. The van der Waals surface area contributed by atoms with Gasteiger partial charge < -0.3 is 16.0 Å². The van der Waals surface area contributed by atoms with Gasteiger partial charge in [-0.05, 0) is 126 Å². The highest BCUT2D eigenvalue weighted by Gasteiger charge is 2.27. The van der Waals surface area contributed by atoms with Gasteiger partial charge in [0.2, 0.25) is 0 Å². The molecule has 22 heteroatoms. The molecule has 3 unspecified atom stereocenters. The van der Waals surface area contributed by atoms with E-state index in [-0.39, 0.29) is 29.8 Å². The van der Waals surface area contributed by atoms with E-state index in [0.717, 1.165) is 128 Å². The van der Waals surface area contributed by atoms with Crippen LogP contribution in [0.5, 0.6) is 0 Å². The van der Waals surface area contributed by atoms with Crippen LogP contribution in [0.15, 0.2) is 250 Å². The van der Waals surface area contributed by atoms with Gasteiger partial charge in [0.25, 0.3) is 17.7 Å². The first-order chi connectivity index (χ1) is 56.4. The van der Waals surface area contributed by atoms with E-state index in [2.05, 4.69) is 115 Å². The molecular weight excluding hydrogens is 1440 g/mol. The average molecular weight is 1520 g/mol. The molecule has 116 heavy (non-hydrogen) atoms. The molecule has 22 nitrogen and oxygen atoms in total. The van der Waals surface area contributed by atoms with Crippen LogP contribution in [0.2, 0.25) is 0 Å². The normalized spacial score (nSPS) is 11.7. The average Bonchev–Trinajstić information content (AvgIpc) is 1.65. The topological polar surface area (TPSA) is 261 Å². The van der Waals surface area contributed by atoms with Gasteiger partial charge in [-0.1, -0.05) is 151 Å². The van der Waals surface area contributed by atoms with Crippen LogP contribution in [0.25, 0.3) is 82.8 Å². The molecule has 0 radical (unpaired) electrons. The fourth-order valence-electron chi connectivity index (χ4n) is 13.9. The van der Waals surface area contributed by atoms with Gasteiger partial charge in [-0.25, -0.2) is 29.4 Å². The lowest BCUT2D eigenvalue weighted by atomic mass is 9.96. The number of fused-ring (bicyclic) bond motifs is 5. The second kappa shape index (κ2) is 33.6. The summed E-state index contributed by atoms with van der Waals surface area (Å²) in [6.07, 6.45) is 19.1. The molecular formula is C94H77N19O3. The van der Waals surface area contributed by atoms with Gasteiger partial charge in [0.1, 0.15) is 11.3 Å². The summed E-state index contributed by atoms with van der Waals surface area (Å²) in [4.78, 5) is 76.9. The lowest BCUT2D eigenvalue weighted by Gasteiger charge is -2.19. The molecule has 17 rings (SSSR count). The van der Waals surface area contributed by atoms with Crippen LogP contribution in [-0.4, -0.2) is 96.5 Å². The maximum absolute atomic E-state index is 13.6. The van der Waals surface area contributed by atoms with Crippen LogP contribution < -0.4 is 16.0 Å². The van der Waals surface area contributed by atoms with E-state index in [1.807, 2.05) is 239 Å². The van der Waals surface area contributed by atoms with Gasteiger partial charge in [0, 0.05) is 132 Å². The summed E-state index contributed by atoms with van der Waals surface area (Å²) in [5.41, 5.74) is 20.7. The Bertz CT molecular complexity index is 6830. The van der Waals surface area contributed by atoms with E-state index >= 15 is 0 Å². The molecule has 0 aliphatic rings. The minimum atomic E-state index is -0.393. The van der Waals surface area contributed by atoms with Crippen molar-refractivity contribution in [2.75, 3.05) is 0 Å². The predicted octanol–water partition coefficient (Wildman–Crippen LogP) is 15.6. The monoisotopic (exact) mass is 1520 g/mol. The number of aromatic nitrogens is 16. The second-order valence-corrected chi connectivity index (χ2v) is 27.9. The molecule has 566 valence electrons. The number of hydrogen-bond acceptors (Lipinski definition) is 15. The predicted molar refractivity (Wildman–Crippen MR) is 450 cm³/mol. The molecule has 0 fully saturated rings. The van der Waals surface area contributed by atoms with Crippen LogP contribution in [0.4, 0.5) is 0 Å². The number of benzene rings is 6. The van der Waals surface area contributed by atoms with Gasteiger partial charge in [0.15, 0.2) is 5.65 Å². The van der Waals surface area contributed by atoms with E-state index in [0.29, 0.717) is 45.1 Å². The third kappa shape index (κ3) is 16.6.